The number of carbonyl (C=O) groups is 1. The van der Waals surface area contributed by atoms with Crippen molar-refractivity contribution in [2.45, 2.75) is 70.0 Å². The Kier molecular flexibility index (Phi) is 3.06. The molecule has 5 heteroatoms. The number of fused-ring (bicyclic) bond motifs is 2. The van der Waals surface area contributed by atoms with Crippen molar-refractivity contribution < 1.29 is 19.0 Å². The van der Waals surface area contributed by atoms with Gasteiger partial charge in [0.1, 0.15) is 11.8 Å². The lowest BCUT2D eigenvalue weighted by atomic mass is 9.98. The molecule has 2 saturated heterocycles. The largest absolute Gasteiger partial charge is 0.444 e. The summed E-state index contributed by atoms with van der Waals surface area (Å²) in [6, 6.07) is -0.588. The van der Waals surface area contributed by atoms with E-state index in [2.05, 4.69) is 0 Å². The lowest BCUT2D eigenvalue weighted by Crippen LogP contribution is -2.55. The first-order valence-corrected chi connectivity index (χ1v) is 6.13. The summed E-state index contributed by atoms with van der Waals surface area (Å²) in [6.07, 6.45) is -1.06. The molecule has 2 aliphatic heterocycles. The minimum Gasteiger partial charge on any atom is -0.444 e. The molecule has 2 aliphatic rings. The molecule has 0 unspecified atom stereocenters. The summed E-state index contributed by atoms with van der Waals surface area (Å²) in [5.41, 5.74) is -0.571. The molecule has 0 radical (unpaired) electrons. The molecular weight excluding hydrogens is 225 g/mol. The molecule has 0 aromatic carbocycles. The second-order valence-electron chi connectivity index (χ2n) is 5.93. The molecule has 4 nitrogen and oxygen atoms in total. The molecular formula is C12H20FNO3. The molecule has 17 heavy (non-hydrogen) atoms. The van der Waals surface area contributed by atoms with Crippen molar-refractivity contribution in [2.75, 3.05) is 0 Å². The monoisotopic (exact) mass is 245 g/mol. The first-order valence-electron chi connectivity index (χ1n) is 6.13. The number of hydrogen-bond acceptors (Lipinski definition) is 3. The Labute approximate surface area is 101 Å². The van der Waals surface area contributed by atoms with Crippen LogP contribution in [-0.4, -0.2) is 46.1 Å². The summed E-state index contributed by atoms with van der Waals surface area (Å²) >= 11 is 0. The Morgan fingerprint density at radius 1 is 1.41 bits per heavy atom. The number of aliphatic hydroxyl groups is 1. The smallest absolute Gasteiger partial charge is 0.410 e. The van der Waals surface area contributed by atoms with E-state index in [-0.39, 0.29) is 6.04 Å². The molecule has 98 valence electrons. The summed E-state index contributed by atoms with van der Waals surface area (Å²) in [4.78, 5) is 13.5. The van der Waals surface area contributed by atoms with E-state index in [1.807, 2.05) is 0 Å². The highest BCUT2D eigenvalue weighted by Gasteiger charge is 2.50. The van der Waals surface area contributed by atoms with Gasteiger partial charge in [-0.3, -0.25) is 4.90 Å². The molecule has 0 saturated carbocycles. The third-order valence-corrected chi connectivity index (χ3v) is 3.40. The van der Waals surface area contributed by atoms with E-state index in [1.165, 1.54) is 4.90 Å². The molecule has 0 aromatic rings. The zero-order chi connectivity index (χ0) is 12.8. The van der Waals surface area contributed by atoms with Gasteiger partial charge < -0.3 is 9.84 Å². The molecule has 2 bridgehead atoms. The fraction of sp³-hybridized carbons (Fsp3) is 0.917. The van der Waals surface area contributed by atoms with Gasteiger partial charge in [-0.05, 0) is 40.0 Å². The van der Waals surface area contributed by atoms with Crippen LogP contribution in [0.1, 0.15) is 40.0 Å². The number of hydrogen-bond donors (Lipinski definition) is 1. The van der Waals surface area contributed by atoms with E-state index in [0.717, 1.165) is 6.42 Å². The molecule has 0 aromatic heterocycles. The van der Waals surface area contributed by atoms with Gasteiger partial charge in [-0.2, -0.15) is 0 Å². The minimum absolute atomic E-state index is 0.0724. The topological polar surface area (TPSA) is 49.8 Å². The van der Waals surface area contributed by atoms with E-state index in [0.29, 0.717) is 12.8 Å². The van der Waals surface area contributed by atoms with Crippen LogP contribution in [0.25, 0.3) is 0 Å². The number of nitrogens with zero attached hydrogens (tertiary/aromatic N) is 1. The van der Waals surface area contributed by atoms with Crippen molar-refractivity contribution in [3.8, 4) is 0 Å². The van der Waals surface area contributed by atoms with Crippen molar-refractivity contribution >= 4 is 6.09 Å². The standard InChI is InChI=1S/C12H20FNO3/c1-12(2,3)17-11(16)14-7-4-5-8(14)10(13)9(15)6-7/h7-10,15H,4-6H2,1-3H3/t7-,8+,9-,10-/m0/s1. The first-order chi connectivity index (χ1) is 7.79. The van der Waals surface area contributed by atoms with E-state index < -0.39 is 30.0 Å². The van der Waals surface area contributed by atoms with E-state index in [9.17, 15) is 14.3 Å². The van der Waals surface area contributed by atoms with E-state index in [1.54, 1.807) is 20.8 Å². The highest BCUT2D eigenvalue weighted by Crippen LogP contribution is 2.38. The Morgan fingerprint density at radius 2 is 2.06 bits per heavy atom. The van der Waals surface area contributed by atoms with Gasteiger partial charge in [-0.1, -0.05) is 0 Å². The van der Waals surface area contributed by atoms with Crippen LogP contribution in [0, 0.1) is 0 Å². The maximum atomic E-state index is 13.8. The second-order valence-corrected chi connectivity index (χ2v) is 5.93. The molecule has 1 N–H and O–H groups in total. The first kappa shape index (κ1) is 12.6. The summed E-state index contributed by atoms with van der Waals surface area (Å²) in [5.74, 6) is 0. The summed E-state index contributed by atoms with van der Waals surface area (Å²) in [6.45, 7) is 5.37. The van der Waals surface area contributed by atoms with Crippen LogP contribution >= 0.6 is 0 Å². The minimum atomic E-state index is -1.35. The normalized spacial score (nSPS) is 37.1. The van der Waals surface area contributed by atoms with Crippen molar-refractivity contribution in [3.63, 3.8) is 0 Å². The summed E-state index contributed by atoms with van der Waals surface area (Å²) in [7, 11) is 0. The van der Waals surface area contributed by atoms with Crippen molar-refractivity contribution in [1.82, 2.24) is 4.90 Å². The Bertz CT molecular complexity index is 315. The quantitative estimate of drug-likeness (QED) is 0.708. The lowest BCUT2D eigenvalue weighted by molar-refractivity contribution is -0.0478. The predicted octanol–water partition coefficient (Wildman–Crippen LogP) is 1.86. The van der Waals surface area contributed by atoms with Crippen molar-refractivity contribution in [2.24, 2.45) is 0 Å². The highest BCUT2D eigenvalue weighted by atomic mass is 19.1. The van der Waals surface area contributed by atoms with Crippen molar-refractivity contribution in [1.29, 1.82) is 0 Å². The average molecular weight is 245 g/mol. The second kappa shape index (κ2) is 4.12. The van der Waals surface area contributed by atoms with Gasteiger partial charge >= 0.3 is 6.09 Å². The third kappa shape index (κ3) is 2.39. The fourth-order valence-electron chi connectivity index (χ4n) is 2.72. The maximum Gasteiger partial charge on any atom is 0.410 e. The maximum absolute atomic E-state index is 13.8. The Balaban J connectivity index is 2.10. The van der Waals surface area contributed by atoms with Crippen LogP contribution in [0.4, 0.5) is 9.18 Å². The SMILES string of the molecule is CC(C)(C)OC(=O)N1[C@H]2CC[C@@H]1[C@H](F)[C@@H](O)C2. The van der Waals surface area contributed by atoms with Gasteiger partial charge in [0, 0.05) is 6.04 Å². The van der Waals surface area contributed by atoms with Gasteiger partial charge in [-0.15, -0.1) is 0 Å². The Morgan fingerprint density at radius 3 is 2.65 bits per heavy atom. The molecule has 4 atom stereocenters. The van der Waals surface area contributed by atoms with E-state index >= 15 is 0 Å². The molecule has 2 heterocycles. The molecule has 0 spiro atoms. The van der Waals surface area contributed by atoms with Crippen LogP contribution in [0.15, 0.2) is 0 Å². The third-order valence-electron chi connectivity index (χ3n) is 3.40. The number of halogens is 1. The molecule has 0 aliphatic carbocycles. The zero-order valence-corrected chi connectivity index (χ0v) is 10.5. The van der Waals surface area contributed by atoms with Crippen LogP contribution in [0.2, 0.25) is 0 Å². The van der Waals surface area contributed by atoms with Gasteiger partial charge in [0.15, 0.2) is 0 Å². The lowest BCUT2D eigenvalue weighted by Gasteiger charge is -2.39. The van der Waals surface area contributed by atoms with Gasteiger partial charge in [-0.25, -0.2) is 9.18 Å². The molecule has 2 rings (SSSR count). The number of ether oxygens (including phenoxy) is 1. The Hall–Kier alpha value is -0.840. The number of alkyl halides is 1. The predicted molar refractivity (Wildman–Crippen MR) is 60.4 cm³/mol. The number of amides is 1. The van der Waals surface area contributed by atoms with E-state index in [4.69, 9.17) is 4.74 Å². The zero-order valence-electron chi connectivity index (χ0n) is 10.5. The summed E-state index contributed by atoms with van der Waals surface area (Å²) in [5, 5.41) is 9.54. The van der Waals surface area contributed by atoms with Gasteiger partial charge in [0.25, 0.3) is 0 Å². The van der Waals surface area contributed by atoms with Crippen LogP contribution in [-0.2, 0) is 4.74 Å². The van der Waals surface area contributed by atoms with Gasteiger partial charge in [0.2, 0.25) is 0 Å². The van der Waals surface area contributed by atoms with Crippen LogP contribution in [0.3, 0.4) is 0 Å². The van der Waals surface area contributed by atoms with Gasteiger partial charge in [0.05, 0.1) is 12.1 Å². The fourth-order valence-corrected chi connectivity index (χ4v) is 2.72. The number of rotatable bonds is 0. The number of aliphatic hydroxyl groups excluding tert-OH is 1. The highest BCUT2D eigenvalue weighted by molar-refractivity contribution is 5.69. The number of carbonyl (C=O) groups excluding carboxylic acids is 1. The molecule has 2 fully saturated rings. The van der Waals surface area contributed by atoms with Crippen LogP contribution < -0.4 is 0 Å². The average Bonchev–Trinajstić information content (AvgIpc) is 2.51. The van der Waals surface area contributed by atoms with Crippen LogP contribution in [0.5, 0.6) is 0 Å². The molecule has 1 amide bonds. The van der Waals surface area contributed by atoms with Crippen molar-refractivity contribution in [3.05, 3.63) is 0 Å². The number of piperidine rings is 1. The summed E-state index contributed by atoms with van der Waals surface area (Å²) < 4.78 is 19.1.